The summed E-state index contributed by atoms with van der Waals surface area (Å²) in [6, 6.07) is 11.9. The van der Waals surface area contributed by atoms with Crippen molar-refractivity contribution in [3.63, 3.8) is 0 Å². The third-order valence-electron chi connectivity index (χ3n) is 6.30. The predicted octanol–water partition coefficient (Wildman–Crippen LogP) is 4.16. The van der Waals surface area contributed by atoms with E-state index in [2.05, 4.69) is 41.1 Å². The van der Waals surface area contributed by atoms with Gasteiger partial charge in [0.1, 0.15) is 5.82 Å². The summed E-state index contributed by atoms with van der Waals surface area (Å²) in [5.41, 5.74) is 1.70. The number of amides is 1. The number of imidazole rings is 1. The first kappa shape index (κ1) is 19.7. The molecule has 6 heteroatoms. The van der Waals surface area contributed by atoms with Crippen LogP contribution in [-0.4, -0.2) is 33.7 Å². The number of H-pyrrole nitrogens is 1. The predicted molar refractivity (Wildman–Crippen MR) is 114 cm³/mol. The summed E-state index contributed by atoms with van der Waals surface area (Å²) >= 11 is 0. The maximum Gasteiger partial charge on any atom is 0.222 e. The lowest BCUT2D eigenvalue weighted by Crippen LogP contribution is -2.44. The molecule has 2 aromatic heterocycles. The average Bonchev–Trinajstić information content (AvgIpc) is 3.42. The quantitative estimate of drug-likeness (QED) is 0.632. The number of carbonyl (C=O) groups excluding carboxylic acids is 1. The van der Waals surface area contributed by atoms with Crippen LogP contribution in [0.1, 0.15) is 51.4 Å². The molecule has 1 aromatic carbocycles. The van der Waals surface area contributed by atoms with E-state index in [4.69, 9.17) is 9.72 Å². The highest BCUT2D eigenvalue weighted by atomic mass is 16.5. The Balaban J connectivity index is 1.56. The van der Waals surface area contributed by atoms with Crippen LogP contribution in [0.15, 0.2) is 48.8 Å². The first-order valence-electron chi connectivity index (χ1n) is 10.6. The molecule has 3 aromatic rings. The maximum absolute atomic E-state index is 13.2. The lowest BCUT2D eigenvalue weighted by Gasteiger charge is -2.39. The summed E-state index contributed by atoms with van der Waals surface area (Å²) in [5.74, 6) is 1.17. The number of ether oxygens (including phenoxy) is 1. The van der Waals surface area contributed by atoms with Crippen molar-refractivity contribution < 1.29 is 9.53 Å². The zero-order valence-corrected chi connectivity index (χ0v) is 17.2. The van der Waals surface area contributed by atoms with Crippen LogP contribution in [-0.2, 0) is 15.1 Å². The van der Waals surface area contributed by atoms with E-state index in [-0.39, 0.29) is 23.4 Å². The van der Waals surface area contributed by atoms with Crippen molar-refractivity contribution in [1.29, 1.82) is 0 Å². The second-order valence-electron chi connectivity index (χ2n) is 8.17. The number of carbonyl (C=O) groups is 1. The van der Waals surface area contributed by atoms with E-state index in [1.54, 1.807) is 0 Å². The zero-order chi connectivity index (χ0) is 20.3. The molecule has 1 amide bonds. The summed E-state index contributed by atoms with van der Waals surface area (Å²) in [6.07, 6.45) is 7.20. The van der Waals surface area contributed by atoms with E-state index in [0.29, 0.717) is 19.6 Å². The number of nitrogens with zero attached hydrogens (tertiary/aromatic N) is 2. The van der Waals surface area contributed by atoms with Gasteiger partial charge in [0.15, 0.2) is 0 Å². The standard InChI is InChI=1S/C23H30N4O2/c1-3-17(2)21(22-24-18-8-4-5-9-19(18)25-22)26-20(28)16-23(10-14-29-15-11-23)27-12-6-7-13-27/h4-9,12-13,17,21H,3,10-11,14-16H2,1-2H3,(H,24,25)(H,26,28)/t17-,21-/m0/s1. The molecule has 1 fully saturated rings. The number of hydrogen-bond donors (Lipinski definition) is 2. The smallest absolute Gasteiger partial charge is 0.222 e. The van der Waals surface area contributed by atoms with Gasteiger partial charge in [-0.3, -0.25) is 4.79 Å². The van der Waals surface area contributed by atoms with E-state index in [0.717, 1.165) is 36.1 Å². The van der Waals surface area contributed by atoms with Crippen LogP contribution in [0.4, 0.5) is 0 Å². The van der Waals surface area contributed by atoms with Gasteiger partial charge in [0, 0.05) is 25.6 Å². The molecule has 1 aliphatic rings. The van der Waals surface area contributed by atoms with Gasteiger partial charge in [-0.2, -0.15) is 0 Å². The molecule has 0 spiro atoms. The summed E-state index contributed by atoms with van der Waals surface area (Å²) in [4.78, 5) is 21.4. The Labute approximate surface area is 171 Å². The topological polar surface area (TPSA) is 71.9 Å². The van der Waals surface area contributed by atoms with E-state index in [9.17, 15) is 4.79 Å². The van der Waals surface area contributed by atoms with Gasteiger partial charge in [-0.1, -0.05) is 32.4 Å². The Kier molecular flexibility index (Phi) is 5.72. The minimum atomic E-state index is -0.223. The Morgan fingerprint density at radius 1 is 1.24 bits per heavy atom. The number of nitrogens with one attached hydrogen (secondary N) is 2. The van der Waals surface area contributed by atoms with Gasteiger partial charge in [-0.15, -0.1) is 0 Å². The van der Waals surface area contributed by atoms with Gasteiger partial charge in [-0.05, 0) is 43.0 Å². The fourth-order valence-electron chi connectivity index (χ4n) is 4.29. The van der Waals surface area contributed by atoms with Crippen LogP contribution in [0.5, 0.6) is 0 Å². The van der Waals surface area contributed by atoms with Crippen LogP contribution in [0.3, 0.4) is 0 Å². The van der Waals surface area contributed by atoms with Crippen molar-refractivity contribution in [2.24, 2.45) is 5.92 Å². The van der Waals surface area contributed by atoms with Crippen LogP contribution in [0.2, 0.25) is 0 Å². The molecular weight excluding hydrogens is 364 g/mol. The van der Waals surface area contributed by atoms with Crippen molar-refractivity contribution in [2.45, 2.75) is 51.1 Å². The van der Waals surface area contributed by atoms with E-state index in [1.165, 1.54) is 0 Å². The van der Waals surface area contributed by atoms with Crippen molar-refractivity contribution in [1.82, 2.24) is 19.9 Å². The fourth-order valence-corrected chi connectivity index (χ4v) is 4.29. The van der Waals surface area contributed by atoms with Gasteiger partial charge in [-0.25, -0.2) is 4.98 Å². The monoisotopic (exact) mass is 394 g/mol. The van der Waals surface area contributed by atoms with E-state index in [1.807, 2.05) is 36.4 Å². The number of fused-ring (bicyclic) bond motifs is 1. The van der Waals surface area contributed by atoms with Gasteiger partial charge in [0.25, 0.3) is 0 Å². The molecule has 0 radical (unpaired) electrons. The number of benzene rings is 1. The first-order valence-corrected chi connectivity index (χ1v) is 10.6. The molecule has 0 saturated carbocycles. The lowest BCUT2D eigenvalue weighted by atomic mass is 9.85. The Bertz CT molecular complexity index is 908. The Hall–Kier alpha value is -2.60. The minimum Gasteiger partial charge on any atom is -0.381 e. The number of aromatic amines is 1. The van der Waals surface area contributed by atoms with Gasteiger partial charge < -0.3 is 19.6 Å². The molecule has 3 heterocycles. The van der Waals surface area contributed by atoms with Crippen LogP contribution >= 0.6 is 0 Å². The number of para-hydroxylation sites is 2. The molecule has 0 unspecified atom stereocenters. The third kappa shape index (κ3) is 4.08. The molecule has 2 atom stereocenters. The molecular formula is C23H30N4O2. The number of aromatic nitrogens is 3. The molecule has 29 heavy (non-hydrogen) atoms. The molecule has 1 aliphatic heterocycles. The highest BCUT2D eigenvalue weighted by molar-refractivity contribution is 5.78. The van der Waals surface area contributed by atoms with E-state index >= 15 is 0 Å². The van der Waals surface area contributed by atoms with Crippen LogP contribution in [0.25, 0.3) is 11.0 Å². The Morgan fingerprint density at radius 3 is 2.66 bits per heavy atom. The van der Waals surface area contributed by atoms with Gasteiger partial charge >= 0.3 is 0 Å². The lowest BCUT2D eigenvalue weighted by molar-refractivity contribution is -0.125. The van der Waals surface area contributed by atoms with E-state index < -0.39 is 0 Å². The summed E-state index contributed by atoms with van der Waals surface area (Å²) in [5, 5.41) is 3.29. The van der Waals surface area contributed by atoms with Crippen molar-refractivity contribution >= 4 is 16.9 Å². The molecule has 4 rings (SSSR count). The average molecular weight is 395 g/mol. The zero-order valence-electron chi connectivity index (χ0n) is 17.2. The van der Waals surface area contributed by atoms with Crippen LogP contribution < -0.4 is 5.32 Å². The van der Waals surface area contributed by atoms with Crippen molar-refractivity contribution in [2.75, 3.05) is 13.2 Å². The summed E-state index contributed by atoms with van der Waals surface area (Å²) in [7, 11) is 0. The normalized spacial score (nSPS) is 18.4. The first-order chi connectivity index (χ1) is 14.1. The maximum atomic E-state index is 13.2. The summed E-state index contributed by atoms with van der Waals surface area (Å²) < 4.78 is 7.77. The second-order valence-corrected chi connectivity index (χ2v) is 8.17. The van der Waals surface area contributed by atoms with Crippen LogP contribution in [0, 0.1) is 5.92 Å². The SMILES string of the molecule is CC[C@H](C)[C@H](NC(=O)CC1(n2cccc2)CCOCC1)c1nc2ccccc2[nH]1. The van der Waals surface area contributed by atoms with Gasteiger partial charge in [0.05, 0.1) is 29.0 Å². The molecule has 6 nitrogen and oxygen atoms in total. The van der Waals surface area contributed by atoms with Crippen molar-refractivity contribution in [3.8, 4) is 0 Å². The Morgan fingerprint density at radius 2 is 1.97 bits per heavy atom. The third-order valence-corrected chi connectivity index (χ3v) is 6.30. The molecule has 0 bridgehead atoms. The minimum absolute atomic E-state index is 0.0614. The molecule has 1 saturated heterocycles. The fraction of sp³-hybridized carbons (Fsp3) is 0.478. The second kappa shape index (κ2) is 8.41. The number of hydrogen-bond acceptors (Lipinski definition) is 3. The molecule has 154 valence electrons. The number of rotatable bonds is 7. The highest BCUT2D eigenvalue weighted by Gasteiger charge is 2.37. The molecule has 2 N–H and O–H groups in total. The summed E-state index contributed by atoms with van der Waals surface area (Å²) in [6.45, 7) is 5.67. The largest absolute Gasteiger partial charge is 0.381 e. The molecule has 0 aliphatic carbocycles. The van der Waals surface area contributed by atoms with Gasteiger partial charge in [0.2, 0.25) is 5.91 Å². The van der Waals surface area contributed by atoms with Crippen molar-refractivity contribution in [3.05, 3.63) is 54.6 Å². The highest BCUT2D eigenvalue weighted by Crippen LogP contribution is 2.34.